The number of aliphatic hydroxyl groups is 2. The predicted molar refractivity (Wildman–Crippen MR) is 97.8 cm³/mol. The van der Waals surface area contributed by atoms with Crippen molar-refractivity contribution in [1.82, 2.24) is 0 Å². The fourth-order valence-electron chi connectivity index (χ4n) is 1.59. The van der Waals surface area contributed by atoms with E-state index in [9.17, 15) is 9.36 Å². The van der Waals surface area contributed by atoms with Crippen LogP contribution in [0.2, 0.25) is 0 Å². The summed E-state index contributed by atoms with van der Waals surface area (Å²) in [6.07, 6.45) is -1.09. The average Bonchev–Trinajstić information content (AvgIpc) is 2.64. The SMILES string of the molecule is COC(CO)OP(=O)(OCCO)SCc1ccc(OC(=O)C(C)C)cc1. The molecule has 1 aromatic carbocycles. The number of esters is 1. The number of carbonyl (C=O) groups excluding carboxylic acids is 1. The van der Waals surface area contributed by atoms with Crippen LogP contribution >= 0.6 is 18.2 Å². The summed E-state index contributed by atoms with van der Waals surface area (Å²) in [5.41, 5.74) is 0.800. The third-order valence-electron chi connectivity index (χ3n) is 3.00. The molecule has 0 saturated heterocycles. The maximum absolute atomic E-state index is 12.7. The lowest BCUT2D eigenvalue weighted by molar-refractivity contribution is -0.137. The third-order valence-corrected chi connectivity index (χ3v) is 6.68. The Balaban J connectivity index is 2.69. The molecule has 0 amide bonds. The van der Waals surface area contributed by atoms with Crippen LogP contribution in [0.5, 0.6) is 5.75 Å². The molecule has 2 N–H and O–H groups in total. The van der Waals surface area contributed by atoms with E-state index in [-0.39, 0.29) is 30.9 Å². The zero-order valence-electron chi connectivity index (χ0n) is 15.0. The summed E-state index contributed by atoms with van der Waals surface area (Å²) in [4.78, 5) is 11.6. The van der Waals surface area contributed by atoms with Crippen LogP contribution < -0.4 is 4.74 Å². The summed E-state index contributed by atoms with van der Waals surface area (Å²) < 4.78 is 33.1. The Morgan fingerprint density at radius 2 is 1.88 bits per heavy atom. The fourth-order valence-corrected chi connectivity index (χ4v) is 4.87. The number of rotatable bonds is 12. The normalized spacial score (nSPS) is 14.8. The van der Waals surface area contributed by atoms with Crippen molar-refractivity contribution in [3.05, 3.63) is 29.8 Å². The molecule has 1 aromatic rings. The third kappa shape index (κ3) is 8.18. The lowest BCUT2D eigenvalue weighted by Crippen LogP contribution is -2.18. The summed E-state index contributed by atoms with van der Waals surface area (Å²) in [6, 6.07) is 6.74. The molecule has 0 saturated carbocycles. The van der Waals surface area contributed by atoms with Crippen LogP contribution in [0.15, 0.2) is 24.3 Å². The number of hydrogen-bond donors (Lipinski definition) is 2. The predicted octanol–water partition coefficient (Wildman–Crippen LogP) is 2.58. The van der Waals surface area contributed by atoms with E-state index in [1.54, 1.807) is 38.1 Å². The number of methoxy groups -OCH3 is 1. The molecule has 0 spiro atoms. The maximum atomic E-state index is 12.7. The van der Waals surface area contributed by atoms with Crippen molar-refractivity contribution in [1.29, 1.82) is 0 Å². The molecular formula is C16H25O8PS. The van der Waals surface area contributed by atoms with Gasteiger partial charge in [0.25, 0.3) is 0 Å². The van der Waals surface area contributed by atoms with Crippen LogP contribution in [-0.4, -0.2) is 49.4 Å². The van der Waals surface area contributed by atoms with Gasteiger partial charge in [-0.1, -0.05) is 26.0 Å². The van der Waals surface area contributed by atoms with Gasteiger partial charge in [0, 0.05) is 12.9 Å². The van der Waals surface area contributed by atoms with E-state index in [4.69, 9.17) is 28.7 Å². The minimum absolute atomic E-state index is 0.170. The number of benzene rings is 1. The van der Waals surface area contributed by atoms with E-state index in [1.165, 1.54) is 7.11 Å². The summed E-state index contributed by atoms with van der Waals surface area (Å²) >= 11 is 0.902. The Morgan fingerprint density at radius 3 is 2.38 bits per heavy atom. The Morgan fingerprint density at radius 1 is 1.23 bits per heavy atom. The Labute approximate surface area is 157 Å². The molecule has 0 fully saturated rings. The Kier molecular flexibility index (Phi) is 10.4. The van der Waals surface area contributed by atoms with Gasteiger partial charge in [0.15, 0.2) is 6.29 Å². The molecule has 2 unspecified atom stereocenters. The van der Waals surface area contributed by atoms with Crippen molar-refractivity contribution >= 4 is 24.1 Å². The van der Waals surface area contributed by atoms with Gasteiger partial charge in [-0.3, -0.25) is 13.8 Å². The smallest absolute Gasteiger partial charge is 0.391 e. The van der Waals surface area contributed by atoms with Crippen LogP contribution in [0.3, 0.4) is 0 Å². The highest BCUT2D eigenvalue weighted by Gasteiger charge is 2.30. The first-order valence-corrected chi connectivity index (χ1v) is 11.1. The van der Waals surface area contributed by atoms with Crippen molar-refractivity contribution in [2.75, 3.05) is 26.9 Å². The number of carbonyl (C=O) groups is 1. The molecule has 148 valence electrons. The van der Waals surface area contributed by atoms with E-state index in [1.807, 2.05) is 0 Å². The summed E-state index contributed by atoms with van der Waals surface area (Å²) in [5, 5.41) is 18.0. The highest BCUT2D eigenvalue weighted by Crippen LogP contribution is 2.62. The molecule has 0 heterocycles. The molecule has 0 aliphatic rings. The van der Waals surface area contributed by atoms with E-state index in [2.05, 4.69) is 0 Å². The summed E-state index contributed by atoms with van der Waals surface area (Å²) in [7, 11) is 1.30. The van der Waals surface area contributed by atoms with Crippen LogP contribution in [-0.2, 0) is 28.9 Å². The second-order valence-corrected chi connectivity index (χ2v) is 9.48. The highest BCUT2D eigenvalue weighted by molar-refractivity contribution is 8.54. The highest BCUT2D eigenvalue weighted by atomic mass is 32.7. The summed E-state index contributed by atoms with van der Waals surface area (Å²) in [6.45, 7) is -1.13. The molecule has 8 nitrogen and oxygen atoms in total. The largest absolute Gasteiger partial charge is 0.426 e. The minimum atomic E-state index is -3.65. The van der Waals surface area contributed by atoms with Gasteiger partial charge in [-0.05, 0) is 29.1 Å². The monoisotopic (exact) mass is 408 g/mol. The first-order chi connectivity index (χ1) is 12.3. The maximum Gasteiger partial charge on any atom is 0.391 e. The van der Waals surface area contributed by atoms with Gasteiger partial charge in [-0.2, -0.15) is 0 Å². The van der Waals surface area contributed by atoms with E-state index in [0.717, 1.165) is 16.9 Å². The molecule has 0 aromatic heterocycles. The van der Waals surface area contributed by atoms with Gasteiger partial charge >= 0.3 is 12.8 Å². The first-order valence-electron chi connectivity index (χ1n) is 7.96. The molecule has 0 aliphatic heterocycles. The van der Waals surface area contributed by atoms with Crippen LogP contribution in [0.25, 0.3) is 0 Å². The van der Waals surface area contributed by atoms with E-state index < -0.39 is 19.7 Å². The second kappa shape index (κ2) is 11.7. The number of ether oxygens (including phenoxy) is 2. The molecule has 26 heavy (non-hydrogen) atoms. The molecule has 10 heteroatoms. The molecule has 0 bridgehead atoms. The van der Waals surface area contributed by atoms with Crippen LogP contribution in [0, 0.1) is 5.92 Å². The molecule has 0 aliphatic carbocycles. The van der Waals surface area contributed by atoms with Crippen molar-refractivity contribution in [3.63, 3.8) is 0 Å². The average molecular weight is 408 g/mol. The summed E-state index contributed by atoms with van der Waals surface area (Å²) in [5.74, 6) is 0.158. The lowest BCUT2D eigenvalue weighted by Gasteiger charge is -2.21. The van der Waals surface area contributed by atoms with Crippen LogP contribution in [0.4, 0.5) is 0 Å². The standard InChI is InChI=1S/C16H25O8PS/c1-12(2)16(19)23-14-6-4-13(5-7-14)11-26-25(20,22-9-8-17)24-15(10-18)21-3/h4-7,12,15,17-18H,8-11H2,1-3H3. The topological polar surface area (TPSA) is 112 Å². The van der Waals surface area contributed by atoms with Gasteiger partial charge in [0.2, 0.25) is 0 Å². The van der Waals surface area contributed by atoms with Gasteiger partial charge < -0.3 is 19.7 Å². The Hall–Kier alpha value is -0.930. The van der Waals surface area contributed by atoms with Gasteiger partial charge in [-0.25, -0.2) is 4.57 Å². The number of hydrogen-bond acceptors (Lipinski definition) is 9. The van der Waals surface area contributed by atoms with Gasteiger partial charge in [0.1, 0.15) is 5.75 Å². The van der Waals surface area contributed by atoms with Crippen molar-refractivity contribution in [3.8, 4) is 5.75 Å². The number of aliphatic hydroxyl groups excluding tert-OH is 2. The van der Waals surface area contributed by atoms with Crippen molar-refractivity contribution in [2.45, 2.75) is 25.9 Å². The first kappa shape index (κ1) is 23.1. The van der Waals surface area contributed by atoms with Gasteiger partial charge in [0.05, 0.1) is 25.7 Å². The fraction of sp³-hybridized carbons (Fsp3) is 0.562. The molecule has 0 radical (unpaired) electrons. The van der Waals surface area contributed by atoms with Gasteiger partial charge in [-0.15, -0.1) is 0 Å². The zero-order valence-corrected chi connectivity index (χ0v) is 16.7. The van der Waals surface area contributed by atoms with Crippen molar-refractivity contribution in [2.24, 2.45) is 5.92 Å². The van der Waals surface area contributed by atoms with Crippen molar-refractivity contribution < 1.29 is 38.1 Å². The van der Waals surface area contributed by atoms with E-state index >= 15 is 0 Å². The quantitative estimate of drug-likeness (QED) is 0.233. The zero-order chi connectivity index (χ0) is 19.6. The minimum Gasteiger partial charge on any atom is -0.426 e. The lowest BCUT2D eigenvalue weighted by atomic mass is 10.2. The Bertz CT molecular complexity index is 588. The van der Waals surface area contributed by atoms with Crippen LogP contribution in [0.1, 0.15) is 19.4 Å². The second-order valence-electron chi connectivity index (χ2n) is 5.45. The molecule has 2 atom stereocenters. The molecule has 1 rings (SSSR count). The van der Waals surface area contributed by atoms with E-state index in [0.29, 0.717) is 5.75 Å². The molecular weight excluding hydrogens is 383 g/mol.